The van der Waals surface area contributed by atoms with Gasteiger partial charge in [-0.1, -0.05) is 39.0 Å². The molecule has 7 heteroatoms. The molecule has 0 radical (unpaired) electrons. The van der Waals surface area contributed by atoms with Crippen molar-refractivity contribution in [3.05, 3.63) is 82.9 Å². The van der Waals surface area contributed by atoms with Crippen LogP contribution in [0.15, 0.2) is 64.9 Å². The van der Waals surface area contributed by atoms with Gasteiger partial charge >= 0.3 is 0 Å². The molecule has 0 aliphatic carbocycles. The lowest BCUT2D eigenvalue weighted by Gasteiger charge is -2.13. The molecule has 0 fully saturated rings. The smallest absolute Gasteiger partial charge is 0.251 e. The lowest BCUT2D eigenvalue weighted by atomic mass is 10.0. The number of amides is 1. The molecule has 2 rings (SSSR count). The second-order valence-electron chi connectivity index (χ2n) is 8.22. The molecule has 0 aliphatic heterocycles. The molecule has 1 amide bonds. The molecule has 6 nitrogen and oxygen atoms in total. The van der Waals surface area contributed by atoms with Crippen molar-refractivity contribution < 1.29 is 9.18 Å². The van der Waals surface area contributed by atoms with E-state index >= 15 is 0 Å². The minimum absolute atomic E-state index is 0.105. The predicted molar refractivity (Wildman–Crippen MR) is 157 cm³/mol. The predicted octanol–water partition coefficient (Wildman–Crippen LogP) is 6.67. The van der Waals surface area contributed by atoms with Crippen LogP contribution in [0, 0.1) is 12.7 Å². The Morgan fingerprint density at radius 2 is 1.78 bits per heavy atom. The van der Waals surface area contributed by atoms with Gasteiger partial charge in [0.2, 0.25) is 0 Å². The third-order valence-electron chi connectivity index (χ3n) is 5.36. The van der Waals surface area contributed by atoms with E-state index in [2.05, 4.69) is 20.6 Å². The van der Waals surface area contributed by atoms with Crippen LogP contribution >= 0.6 is 0 Å². The van der Waals surface area contributed by atoms with E-state index in [1.165, 1.54) is 6.07 Å². The van der Waals surface area contributed by atoms with Crippen molar-refractivity contribution in [3.63, 3.8) is 0 Å². The van der Waals surface area contributed by atoms with Crippen molar-refractivity contribution in [3.8, 4) is 0 Å². The van der Waals surface area contributed by atoms with Crippen LogP contribution < -0.4 is 16.4 Å². The summed E-state index contributed by atoms with van der Waals surface area (Å²) in [5.74, 6) is 0.178. The van der Waals surface area contributed by atoms with Crippen molar-refractivity contribution >= 4 is 28.7 Å². The third kappa shape index (κ3) is 10.1. The van der Waals surface area contributed by atoms with Crippen LogP contribution in [0.4, 0.5) is 10.1 Å². The molecule has 0 atom stereocenters. The maximum Gasteiger partial charge on any atom is 0.251 e. The SMILES string of the molecule is C/C=C\N=C(Nc1ccc(C(=O)NCCCN)c(CC)c1)C(C)=N/C=C(\C)c1ccc(C)cc1F.CC. The Kier molecular flexibility index (Phi) is 14.4. The molecule has 0 heterocycles. The zero-order valence-electron chi connectivity index (χ0n) is 23.3. The zero-order chi connectivity index (χ0) is 27.8. The summed E-state index contributed by atoms with van der Waals surface area (Å²) < 4.78 is 14.3. The first-order chi connectivity index (χ1) is 17.8. The average molecular weight is 508 g/mol. The van der Waals surface area contributed by atoms with Crippen LogP contribution in [0.1, 0.15) is 75.0 Å². The number of benzene rings is 2. The largest absolute Gasteiger partial charge is 0.352 e. The van der Waals surface area contributed by atoms with Crippen LogP contribution in [0.2, 0.25) is 0 Å². The van der Waals surface area contributed by atoms with E-state index in [1.807, 2.05) is 78.8 Å². The Bertz CT molecular complexity index is 1150. The van der Waals surface area contributed by atoms with E-state index in [0.29, 0.717) is 47.8 Å². The van der Waals surface area contributed by atoms with E-state index in [9.17, 15) is 9.18 Å². The number of hydrogen-bond acceptors (Lipinski definition) is 4. The minimum atomic E-state index is -0.271. The fraction of sp³-hybridized carbons (Fsp3) is 0.367. The number of allylic oxidation sites excluding steroid dienone is 2. The molecule has 0 unspecified atom stereocenters. The van der Waals surface area contributed by atoms with Gasteiger partial charge in [-0.2, -0.15) is 0 Å². The lowest BCUT2D eigenvalue weighted by molar-refractivity contribution is 0.0952. The highest BCUT2D eigenvalue weighted by molar-refractivity contribution is 6.45. The quantitative estimate of drug-likeness (QED) is 0.191. The van der Waals surface area contributed by atoms with Gasteiger partial charge in [0.15, 0.2) is 5.84 Å². The highest BCUT2D eigenvalue weighted by atomic mass is 19.1. The van der Waals surface area contributed by atoms with Crippen LogP contribution in [-0.2, 0) is 6.42 Å². The van der Waals surface area contributed by atoms with Gasteiger partial charge in [-0.05, 0) is 88.0 Å². The maximum absolute atomic E-state index is 14.3. The van der Waals surface area contributed by atoms with Gasteiger partial charge < -0.3 is 16.4 Å². The van der Waals surface area contributed by atoms with E-state index < -0.39 is 0 Å². The monoisotopic (exact) mass is 507 g/mol. The number of anilines is 1. The summed E-state index contributed by atoms with van der Waals surface area (Å²) in [5, 5.41) is 6.21. The lowest BCUT2D eigenvalue weighted by Crippen LogP contribution is -2.27. The minimum Gasteiger partial charge on any atom is -0.352 e. The molecule has 0 saturated carbocycles. The molecular formula is C30H42FN5O. The van der Waals surface area contributed by atoms with Crippen molar-refractivity contribution in [2.24, 2.45) is 15.7 Å². The van der Waals surface area contributed by atoms with E-state index in [1.54, 1.807) is 18.5 Å². The van der Waals surface area contributed by atoms with Crippen LogP contribution in [0.3, 0.4) is 0 Å². The van der Waals surface area contributed by atoms with Gasteiger partial charge in [0.05, 0.1) is 5.71 Å². The van der Waals surface area contributed by atoms with Gasteiger partial charge in [0.25, 0.3) is 5.91 Å². The normalized spacial score (nSPS) is 12.3. The number of rotatable bonds is 10. The summed E-state index contributed by atoms with van der Waals surface area (Å²) in [6, 6.07) is 10.7. The first-order valence-corrected chi connectivity index (χ1v) is 12.9. The van der Waals surface area contributed by atoms with Crippen LogP contribution in [0.5, 0.6) is 0 Å². The Morgan fingerprint density at radius 1 is 1.08 bits per heavy atom. The fourth-order valence-corrected chi connectivity index (χ4v) is 3.35. The van der Waals surface area contributed by atoms with Gasteiger partial charge in [0.1, 0.15) is 5.82 Å². The molecule has 37 heavy (non-hydrogen) atoms. The molecule has 200 valence electrons. The number of hydrogen-bond donors (Lipinski definition) is 3. The summed E-state index contributed by atoms with van der Waals surface area (Å²) in [5.41, 5.74) is 10.6. The topological polar surface area (TPSA) is 91.9 Å². The number of halogens is 1. The number of nitrogens with one attached hydrogen (secondary N) is 2. The molecule has 0 saturated heterocycles. The molecule has 0 bridgehead atoms. The molecule has 2 aromatic carbocycles. The summed E-state index contributed by atoms with van der Waals surface area (Å²) in [4.78, 5) is 21.5. The first kappa shape index (κ1) is 31.4. The Labute approximate surface area is 221 Å². The number of carbonyl (C=O) groups excluding carboxylic acids is 1. The second kappa shape index (κ2) is 17.0. The molecule has 4 N–H and O–H groups in total. The van der Waals surface area contributed by atoms with E-state index in [-0.39, 0.29) is 11.7 Å². The Morgan fingerprint density at radius 3 is 2.41 bits per heavy atom. The van der Waals surface area contributed by atoms with Crippen LogP contribution in [-0.4, -0.2) is 30.5 Å². The number of nitrogens with zero attached hydrogens (tertiary/aromatic N) is 2. The van der Waals surface area contributed by atoms with Gasteiger partial charge in [0, 0.05) is 35.8 Å². The van der Waals surface area contributed by atoms with Crippen molar-refractivity contribution in [2.75, 3.05) is 18.4 Å². The summed E-state index contributed by atoms with van der Waals surface area (Å²) in [6.07, 6.45) is 6.58. The highest BCUT2D eigenvalue weighted by Crippen LogP contribution is 2.20. The van der Waals surface area contributed by atoms with Crippen molar-refractivity contribution in [1.82, 2.24) is 5.32 Å². The summed E-state index contributed by atoms with van der Waals surface area (Å²) in [7, 11) is 0. The van der Waals surface area contributed by atoms with Gasteiger partial charge in [-0.25, -0.2) is 9.38 Å². The number of carbonyl (C=O) groups is 1. The highest BCUT2D eigenvalue weighted by Gasteiger charge is 2.12. The standard InChI is InChI=1S/C28H36FN5O.C2H6/c1-6-14-31-27(21(5)33-18-20(4)24-11-9-19(3)16-26(24)29)34-23-10-12-25(22(7-2)17-23)28(35)32-15-8-13-30;1-2/h6,9-12,14,16-18H,7-8,13,15,30H2,1-5H3,(H,31,34)(H,32,35);1-2H3/b14-6-,20-18+,33-21?;. The molecule has 2 aromatic rings. The van der Waals surface area contributed by atoms with E-state index in [0.717, 1.165) is 23.2 Å². The van der Waals surface area contributed by atoms with Crippen LogP contribution in [0.25, 0.3) is 5.57 Å². The van der Waals surface area contributed by atoms with Gasteiger partial charge in [-0.15, -0.1) is 0 Å². The molecule has 0 aromatic heterocycles. The summed E-state index contributed by atoms with van der Waals surface area (Å²) in [6.45, 7) is 14.5. The number of amidine groups is 1. The molecule has 0 spiro atoms. The molecule has 0 aliphatic rings. The van der Waals surface area contributed by atoms with Crippen molar-refractivity contribution in [2.45, 2.75) is 61.3 Å². The first-order valence-electron chi connectivity index (χ1n) is 12.9. The number of aryl methyl sites for hydroxylation is 2. The van der Waals surface area contributed by atoms with Crippen molar-refractivity contribution in [1.29, 1.82) is 0 Å². The fourth-order valence-electron chi connectivity index (χ4n) is 3.35. The van der Waals surface area contributed by atoms with Gasteiger partial charge in [-0.3, -0.25) is 9.79 Å². The van der Waals surface area contributed by atoms with E-state index in [4.69, 9.17) is 5.73 Å². The second-order valence-corrected chi connectivity index (χ2v) is 8.22. The summed E-state index contributed by atoms with van der Waals surface area (Å²) >= 11 is 0. The Balaban J connectivity index is 0.00000334. The number of aliphatic imine (C=N–C) groups is 2. The molecular weight excluding hydrogens is 465 g/mol. The third-order valence-corrected chi connectivity index (χ3v) is 5.36. The maximum atomic E-state index is 14.3. The average Bonchev–Trinajstić information content (AvgIpc) is 2.90. The number of nitrogens with two attached hydrogens (primary N) is 1. The Hall–Kier alpha value is -3.58. The zero-order valence-corrected chi connectivity index (χ0v) is 23.3.